The summed E-state index contributed by atoms with van der Waals surface area (Å²) in [5.74, 6) is 1.77. The van der Waals surface area contributed by atoms with Crippen LogP contribution in [0.3, 0.4) is 0 Å². The lowest BCUT2D eigenvalue weighted by molar-refractivity contribution is -0.123. The van der Waals surface area contributed by atoms with E-state index in [1.165, 1.54) is 25.7 Å². The second-order valence-electron chi connectivity index (χ2n) is 7.48. The van der Waals surface area contributed by atoms with Crippen LogP contribution in [0.1, 0.15) is 59.3 Å². The molecule has 1 atom stereocenters. The molecular formula is C16H30N2O. The summed E-state index contributed by atoms with van der Waals surface area (Å²) in [5.41, 5.74) is 0.446. The van der Waals surface area contributed by atoms with Crippen molar-refractivity contribution in [2.24, 2.45) is 17.3 Å². The first-order chi connectivity index (χ1) is 8.97. The van der Waals surface area contributed by atoms with E-state index < -0.39 is 0 Å². The molecule has 3 nitrogen and oxygen atoms in total. The Morgan fingerprint density at radius 2 is 1.84 bits per heavy atom. The molecule has 110 valence electrons. The lowest BCUT2D eigenvalue weighted by Gasteiger charge is -2.37. The second-order valence-corrected chi connectivity index (χ2v) is 7.48. The molecule has 1 saturated heterocycles. The van der Waals surface area contributed by atoms with Crippen molar-refractivity contribution in [3.63, 3.8) is 0 Å². The third kappa shape index (κ3) is 4.20. The number of amides is 1. The molecular weight excluding hydrogens is 236 g/mol. The van der Waals surface area contributed by atoms with E-state index in [-0.39, 0.29) is 11.9 Å². The zero-order chi connectivity index (χ0) is 13.9. The lowest BCUT2D eigenvalue weighted by Crippen LogP contribution is -2.42. The van der Waals surface area contributed by atoms with Crippen molar-refractivity contribution in [2.75, 3.05) is 13.1 Å². The maximum atomic E-state index is 11.9. The summed E-state index contributed by atoms with van der Waals surface area (Å²) in [4.78, 5) is 11.9. The van der Waals surface area contributed by atoms with Crippen LogP contribution in [-0.4, -0.2) is 25.0 Å². The van der Waals surface area contributed by atoms with E-state index in [0.717, 1.165) is 31.8 Å². The number of hydrogen-bond acceptors (Lipinski definition) is 2. The highest BCUT2D eigenvalue weighted by Crippen LogP contribution is 2.39. The zero-order valence-electron chi connectivity index (χ0n) is 12.8. The lowest BCUT2D eigenvalue weighted by atomic mass is 9.70. The van der Waals surface area contributed by atoms with Crippen molar-refractivity contribution in [1.29, 1.82) is 0 Å². The van der Waals surface area contributed by atoms with Crippen LogP contribution in [0.4, 0.5) is 0 Å². The van der Waals surface area contributed by atoms with Gasteiger partial charge in [0.15, 0.2) is 0 Å². The van der Waals surface area contributed by atoms with Crippen LogP contribution in [0.2, 0.25) is 0 Å². The number of nitrogens with one attached hydrogen (secondary N) is 2. The molecule has 1 aliphatic heterocycles. The smallest absolute Gasteiger partial charge is 0.237 e. The fraction of sp³-hybridized carbons (Fsp3) is 0.938. The van der Waals surface area contributed by atoms with E-state index >= 15 is 0 Å². The van der Waals surface area contributed by atoms with Crippen molar-refractivity contribution in [3.8, 4) is 0 Å². The maximum Gasteiger partial charge on any atom is 0.237 e. The average Bonchev–Trinajstić information content (AvgIpc) is 2.89. The predicted molar refractivity (Wildman–Crippen MR) is 78.9 cm³/mol. The Morgan fingerprint density at radius 3 is 2.37 bits per heavy atom. The van der Waals surface area contributed by atoms with E-state index in [2.05, 4.69) is 31.4 Å². The van der Waals surface area contributed by atoms with Gasteiger partial charge in [-0.05, 0) is 62.3 Å². The van der Waals surface area contributed by atoms with Gasteiger partial charge in [-0.3, -0.25) is 4.79 Å². The van der Waals surface area contributed by atoms with Crippen molar-refractivity contribution in [1.82, 2.24) is 10.6 Å². The van der Waals surface area contributed by atoms with Crippen LogP contribution in [0, 0.1) is 17.3 Å². The topological polar surface area (TPSA) is 41.1 Å². The fourth-order valence-corrected chi connectivity index (χ4v) is 3.51. The number of hydrogen-bond donors (Lipinski definition) is 2. The Hall–Kier alpha value is -0.570. The van der Waals surface area contributed by atoms with E-state index in [1.54, 1.807) is 0 Å². The fourth-order valence-electron chi connectivity index (χ4n) is 3.51. The summed E-state index contributed by atoms with van der Waals surface area (Å²) >= 11 is 0. The summed E-state index contributed by atoms with van der Waals surface area (Å²) in [6.07, 6.45) is 7.34. The van der Waals surface area contributed by atoms with Crippen LogP contribution in [0.25, 0.3) is 0 Å². The highest BCUT2D eigenvalue weighted by atomic mass is 16.2. The van der Waals surface area contributed by atoms with Gasteiger partial charge in [0.25, 0.3) is 0 Å². The highest BCUT2D eigenvalue weighted by Gasteiger charge is 2.30. The van der Waals surface area contributed by atoms with E-state index in [9.17, 15) is 4.79 Å². The largest absolute Gasteiger partial charge is 0.354 e. The molecule has 2 fully saturated rings. The normalized spacial score (nSPS) is 32.3. The Labute approximate surface area is 117 Å². The highest BCUT2D eigenvalue weighted by molar-refractivity contribution is 5.81. The zero-order valence-corrected chi connectivity index (χ0v) is 12.8. The molecule has 0 spiro atoms. The van der Waals surface area contributed by atoms with Crippen molar-refractivity contribution in [3.05, 3.63) is 0 Å². The van der Waals surface area contributed by atoms with Gasteiger partial charge < -0.3 is 10.6 Å². The average molecular weight is 266 g/mol. The third-order valence-electron chi connectivity index (χ3n) is 5.01. The molecule has 0 radical (unpaired) electrons. The van der Waals surface area contributed by atoms with Gasteiger partial charge in [0.05, 0.1) is 6.04 Å². The van der Waals surface area contributed by atoms with Gasteiger partial charge in [0, 0.05) is 6.54 Å². The summed E-state index contributed by atoms with van der Waals surface area (Å²) in [7, 11) is 0. The van der Waals surface area contributed by atoms with Crippen LogP contribution < -0.4 is 10.6 Å². The monoisotopic (exact) mass is 266 g/mol. The summed E-state index contributed by atoms with van der Waals surface area (Å²) in [5, 5.41) is 6.41. The summed E-state index contributed by atoms with van der Waals surface area (Å²) < 4.78 is 0. The minimum Gasteiger partial charge on any atom is -0.354 e. The van der Waals surface area contributed by atoms with Gasteiger partial charge in [-0.1, -0.05) is 20.8 Å². The predicted octanol–water partition coefficient (Wildman–Crippen LogP) is 2.71. The van der Waals surface area contributed by atoms with Crippen LogP contribution in [-0.2, 0) is 4.79 Å². The molecule has 2 rings (SSSR count). The Kier molecular flexibility index (Phi) is 4.88. The van der Waals surface area contributed by atoms with Crippen LogP contribution in [0.5, 0.6) is 0 Å². The number of rotatable bonds is 3. The van der Waals surface area contributed by atoms with Gasteiger partial charge in [-0.25, -0.2) is 0 Å². The molecule has 19 heavy (non-hydrogen) atoms. The standard InChI is InChI=1S/C16H30N2O/c1-16(2,3)13-8-6-12(7-9-13)11-18-15(19)14-5-4-10-17-14/h12-14,17H,4-11H2,1-3H3,(H,18,19). The minimum absolute atomic E-state index is 0.0749. The molecule has 0 aromatic heterocycles. The molecule has 1 aliphatic carbocycles. The Morgan fingerprint density at radius 1 is 1.16 bits per heavy atom. The first-order valence-electron chi connectivity index (χ1n) is 7.98. The van der Waals surface area contributed by atoms with Gasteiger partial charge in [0.2, 0.25) is 5.91 Å². The third-order valence-corrected chi connectivity index (χ3v) is 5.01. The molecule has 0 aromatic rings. The molecule has 0 aromatic carbocycles. The van der Waals surface area contributed by atoms with Gasteiger partial charge >= 0.3 is 0 Å². The van der Waals surface area contributed by atoms with Crippen molar-refractivity contribution in [2.45, 2.75) is 65.3 Å². The summed E-state index contributed by atoms with van der Waals surface area (Å²) in [6.45, 7) is 8.94. The maximum absolute atomic E-state index is 11.9. The number of carbonyl (C=O) groups excluding carboxylic acids is 1. The van der Waals surface area contributed by atoms with Crippen molar-refractivity contribution >= 4 is 5.91 Å². The SMILES string of the molecule is CC(C)(C)C1CCC(CNC(=O)C2CCCN2)CC1. The first-order valence-corrected chi connectivity index (χ1v) is 7.98. The first kappa shape index (κ1) is 14.8. The van der Waals surface area contributed by atoms with E-state index in [1.807, 2.05) is 0 Å². The Bertz CT molecular complexity index is 294. The molecule has 1 amide bonds. The molecule has 1 heterocycles. The van der Waals surface area contributed by atoms with Gasteiger partial charge in [0.1, 0.15) is 0 Å². The molecule has 2 aliphatic rings. The quantitative estimate of drug-likeness (QED) is 0.824. The van der Waals surface area contributed by atoms with Crippen molar-refractivity contribution < 1.29 is 4.79 Å². The summed E-state index contributed by atoms with van der Waals surface area (Å²) in [6, 6.07) is 0.0749. The number of carbonyl (C=O) groups is 1. The van der Waals surface area contributed by atoms with Gasteiger partial charge in [-0.15, -0.1) is 0 Å². The molecule has 0 bridgehead atoms. The molecule has 1 unspecified atom stereocenters. The van der Waals surface area contributed by atoms with E-state index in [4.69, 9.17) is 0 Å². The molecule has 3 heteroatoms. The minimum atomic E-state index is 0.0749. The molecule has 1 saturated carbocycles. The second kappa shape index (κ2) is 6.25. The van der Waals surface area contributed by atoms with Gasteiger partial charge in [-0.2, -0.15) is 0 Å². The van der Waals surface area contributed by atoms with Crippen LogP contribution in [0.15, 0.2) is 0 Å². The van der Waals surface area contributed by atoms with E-state index in [0.29, 0.717) is 11.3 Å². The Balaban J connectivity index is 1.67. The molecule has 2 N–H and O–H groups in total. The van der Waals surface area contributed by atoms with Crippen LogP contribution >= 0.6 is 0 Å².